The van der Waals surface area contributed by atoms with Gasteiger partial charge in [0, 0.05) is 23.9 Å². The Morgan fingerprint density at radius 1 is 1.13 bits per heavy atom. The third kappa shape index (κ3) is 3.37. The number of ether oxygens (including phenoxy) is 1. The van der Waals surface area contributed by atoms with Crippen LogP contribution in [0.3, 0.4) is 0 Å². The molecule has 160 valence electrons. The van der Waals surface area contributed by atoms with E-state index in [1.54, 1.807) is 4.90 Å². The Morgan fingerprint density at radius 2 is 1.94 bits per heavy atom. The molecule has 5 rings (SSSR count). The first-order valence-corrected chi connectivity index (χ1v) is 11.1. The molecule has 1 unspecified atom stereocenters. The summed E-state index contributed by atoms with van der Waals surface area (Å²) in [6, 6.07) is 13.7. The van der Waals surface area contributed by atoms with Crippen LogP contribution in [0.4, 0.5) is 5.69 Å². The maximum absolute atomic E-state index is 13.3. The first kappa shape index (κ1) is 20.0. The standard InChI is InChI=1S/C26H28N2O3/c1-31-25(30)23-17-19-5-2-3-8-22(19)28(23)24(29)10-9-18-6-4-7-21-20(18)11-12-26(21)13-15-27-16-14-26/h2-8,11-12,23,27H,9-10,13-17H2,1H3. The monoisotopic (exact) mass is 416 g/mol. The van der Waals surface area contributed by atoms with Gasteiger partial charge in [-0.05, 0) is 60.7 Å². The van der Waals surface area contributed by atoms with Gasteiger partial charge in [-0.25, -0.2) is 4.79 Å². The second-order valence-electron chi connectivity index (χ2n) is 8.75. The summed E-state index contributed by atoms with van der Waals surface area (Å²) in [6.07, 6.45) is 8.38. The number of para-hydroxylation sites is 1. The predicted octanol–water partition coefficient (Wildman–Crippen LogP) is 3.40. The molecule has 1 spiro atoms. The van der Waals surface area contributed by atoms with E-state index in [2.05, 4.69) is 35.7 Å². The number of benzene rings is 2. The van der Waals surface area contributed by atoms with Crippen molar-refractivity contribution in [1.29, 1.82) is 0 Å². The molecule has 1 N–H and O–H groups in total. The fraction of sp³-hybridized carbons (Fsp3) is 0.385. The van der Waals surface area contributed by atoms with Gasteiger partial charge in [0.15, 0.2) is 0 Å². The summed E-state index contributed by atoms with van der Waals surface area (Å²) < 4.78 is 4.99. The van der Waals surface area contributed by atoms with E-state index in [9.17, 15) is 9.59 Å². The molecule has 1 saturated heterocycles. The Balaban J connectivity index is 1.37. The molecule has 2 heterocycles. The summed E-state index contributed by atoms with van der Waals surface area (Å²) in [5.74, 6) is -0.391. The quantitative estimate of drug-likeness (QED) is 0.777. The van der Waals surface area contributed by atoms with Crippen LogP contribution >= 0.6 is 0 Å². The number of amides is 1. The number of nitrogens with one attached hydrogen (secondary N) is 1. The topological polar surface area (TPSA) is 58.6 Å². The molecule has 31 heavy (non-hydrogen) atoms. The van der Waals surface area contributed by atoms with Gasteiger partial charge in [0.1, 0.15) is 6.04 Å². The number of carbonyl (C=O) groups is 2. The van der Waals surface area contributed by atoms with Gasteiger partial charge in [-0.15, -0.1) is 0 Å². The van der Waals surface area contributed by atoms with Gasteiger partial charge in [0.25, 0.3) is 0 Å². The van der Waals surface area contributed by atoms with Crippen LogP contribution in [0, 0.1) is 0 Å². The number of esters is 1. The van der Waals surface area contributed by atoms with Crippen molar-refractivity contribution in [3.05, 3.63) is 70.8 Å². The lowest BCUT2D eigenvalue weighted by Crippen LogP contribution is -2.43. The molecule has 3 aliphatic rings. The summed E-state index contributed by atoms with van der Waals surface area (Å²) in [4.78, 5) is 27.3. The van der Waals surface area contributed by atoms with Crippen LogP contribution < -0.4 is 10.2 Å². The normalized spacial score (nSPS) is 20.5. The minimum Gasteiger partial charge on any atom is -0.467 e. The minimum atomic E-state index is -0.575. The highest BCUT2D eigenvalue weighted by Gasteiger charge is 2.39. The molecular weight excluding hydrogens is 388 g/mol. The van der Waals surface area contributed by atoms with Crippen LogP contribution in [0.5, 0.6) is 0 Å². The zero-order valence-electron chi connectivity index (χ0n) is 17.9. The fourth-order valence-electron chi connectivity index (χ4n) is 5.48. The smallest absolute Gasteiger partial charge is 0.329 e. The number of carbonyl (C=O) groups excluding carboxylic acids is 2. The van der Waals surface area contributed by atoms with E-state index in [4.69, 9.17) is 4.74 Å². The average Bonchev–Trinajstić information content (AvgIpc) is 3.37. The Hall–Kier alpha value is -2.92. The Kier molecular flexibility index (Phi) is 5.14. The number of anilines is 1. The van der Waals surface area contributed by atoms with Gasteiger partial charge < -0.3 is 10.1 Å². The van der Waals surface area contributed by atoms with Crippen LogP contribution in [-0.2, 0) is 32.6 Å². The number of rotatable bonds is 4. The molecule has 1 fully saturated rings. The number of fused-ring (bicyclic) bond motifs is 3. The average molecular weight is 417 g/mol. The zero-order chi connectivity index (χ0) is 21.4. The van der Waals surface area contributed by atoms with Gasteiger partial charge in [-0.2, -0.15) is 0 Å². The van der Waals surface area contributed by atoms with E-state index in [0.29, 0.717) is 19.3 Å². The lowest BCUT2D eigenvalue weighted by molar-refractivity contribution is -0.143. The number of aryl methyl sites for hydroxylation is 1. The Labute approximate surface area is 183 Å². The van der Waals surface area contributed by atoms with Crippen molar-refractivity contribution in [2.45, 2.75) is 43.6 Å². The van der Waals surface area contributed by atoms with Crippen molar-refractivity contribution in [3.8, 4) is 0 Å². The highest BCUT2D eigenvalue weighted by atomic mass is 16.5. The van der Waals surface area contributed by atoms with Crippen LogP contribution in [-0.4, -0.2) is 38.1 Å². The molecule has 0 radical (unpaired) electrons. The van der Waals surface area contributed by atoms with E-state index in [0.717, 1.165) is 37.2 Å². The van der Waals surface area contributed by atoms with Crippen molar-refractivity contribution < 1.29 is 14.3 Å². The third-order valence-electron chi connectivity index (χ3n) is 7.12. The van der Waals surface area contributed by atoms with Crippen molar-refractivity contribution in [3.63, 3.8) is 0 Å². The molecule has 0 bridgehead atoms. The van der Waals surface area contributed by atoms with Crippen LogP contribution in [0.15, 0.2) is 48.5 Å². The summed E-state index contributed by atoms with van der Waals surface area (Å²) in [7, 11) is 1.38. The molecule has 1 amide bonds. The minimum absolute atomic E-state index is 0.0310. The van der Waals surface area contributed by atoms with E-state index in [-0.39, 0.29) is 17.3 Å². The van der Waals surface area contributed by atoms with Gasteiger partial charge in [-0.1, -0.05) is 48.6 Å². The second kappa shape index (κ2) is 7.97. The zero-order valence-corrected chi connectivity index (χ0v) is 17.9. The first-order valence-electron chi connectivity index (χ1n) is 11.1. The fourth-order valence-corrected chi connectivity index (χ4v) is 5.48. The summed E-state index contributed by atoms with van der Waals surface area (Å²) >= 11 is 0. The van der Waals surface area contributed by atoms with Crippen molar-refractivity contribution in [2.24, 2.45) is 0 Å². The van der Waals surface area contributed by atoms with Crippen LogP contribution in [0.25, 0.3) is 6.08 Å². The van der Waals surface area contributed by atoms with E-state index in [1.165, 1.54) is 23.8 Å². The maximum atomic E-state index is 13.3. The van der Waals surface area contributed by atoms with E-state index < -0.39 is 6.04 Å². The van der Waals surface area contributed by atoms with E-state index >= 15 is 0 Å². The summed E-state index contributed by atoms with van der Waals surface area (Å²) in [5, 5.41) is 3.46. The first-order chi connectivity index (χ1) is 15.1. The van der Waals surface area contributed by atoms with Crippen LogP contribution in [0.2, 0.25) is 0 Å². The molecule has 0 aromatic heterocycles. The van der Waals surface area contributed by atoms with Crippen molar-refractivity contribution in [1.82, 2.24) is 5.32 Å². The largest absolute Gasteiger partial charge is 0.467 e. The van der Waals surface area contributed by atoms with Crippen LogP contribution in [0.1, 0.15) is 41.5 Å². The molecule has 2 aromatic carbocycles. The molecule has 2 aliphatic heterocycles. The Morgan fingerprint density at radius 3 is 2.74 bits per heavy atom. The molecule has 2 aromatic rings. The highest BCUT2D eigenvalue weighted by Crippen LogP contribution is 2.43. The number of hydrogen-bond donors (Lipinski definition) is 1. The second-order valence-corrected chi connectivity index (χ2v) is 8.75. The van der Waals surface area contributed by atoms with Crippen molar-refractivity contribution in [2.75, 3.05) is 25.1 Å². The maximum Gasteiger partial charge on any atom is 0.329 e. The van der Waals surface area contributed by atoms with E-state index in [1.807, 2.05) is 24.3 Å². The Bertz CT molecular complexity index is 1050. The molecular formula is C26H28N2O3. The molecule has 1 atom stereocenters. The lowest BCUT2D eigenvalue weighted by atomic mass is 9.74. The van der Waals surface area contributed by atoms with Gasteiger partial charge >= 0.3 is 5.97 Å². The summed E-state index contributed by atoms with van der Waals surface area (Å²) in [6.45, 7) is 2.07. The number of piperidine rings is 1. The number of hydrogen-bond acceptors (Lipinski definition) is 4. The number of methoxy groups -OCH3 is 1. The molecule has 0 saturated carbocycles. The predicted molar refractivity (Wildman–Crippen MR) is 121 cm³/mol. The number of allylic oxidation sites excluding steroid dienone is 1. The van der Waals surface area contributed by atoms with Gasteiger partial charge in [0.2, 0.25) is 5.91 Å². The molecule has 5 nitrogen and oxygen atoms in total. The highest BCUT2D eigenvalue weighted by molar-refractivity contribution is 6.02. The SMILES string of the molecule is COC(=O)C1Cc2ccccc2N1C(=O)CCc1cccc2c1C=CC21CCNCC1. The number of nitrogens with zero attached hydrogens (tertiary/aromatic N) is 1. The third-order valence-corrected chi connectivity index (χ3v) is 7.12. The molecule has 5 heteroatoms. The van der Waals surface area contributed by atoms with Crippen molar-refractivity contribution >= 4 is 23.6 Å². The van der Waals surface area contributed by atoms with Gasteiger partial charge in [-0.3, -0.25) is 9.69 Å². The van der Waals surface area contributed by atoms with Gasteiger partial charge in [0.05, 0.1) is 7.11 Å². The lowest BCUT2D eigenvalue weighted by Gasteiger charge is -2.34. The summed E-state index contributed by atoms with van der Waals surface area (Å²) in [5.41, 5.74) is 5.88. The molecule has 1 aliphatic carbocycles.